The Morgan fingerprint density at radius 1 is 1.33 bits per heavy atom. The summed E-state index contributed by atoms with van der Waals surface area (Å²) in [6.07, 6.45) is 2.37. The summed E-state index contributed by atoms with van der Waals surface area (Å²) in [5.74, 6) is -0.234. The molecule has 1 amide bonds. The third-order valence-corrected chi connectivity index (χ3v) is 5.02. The Labute approximate surface area is 141 Å². The quantitative estimate of drug-likeness (QED) is 0.851. The summed E-state index contributed by atoms with van der Waals surface area (Å²) in [6.45, 7) is 2.78. The van der Waals surface area contributed by atoms with E-state index in [0.29, 0.717) is 32.7 Å². The molecule has 2 saturated heterocycles. The summed E-state index contributed by atoms with van der Waals surface area (Å²) >= 11 is 0. The third-order valence-electron chi connectivity index (χ3n) is 5.02. The molecule has 3 rings (SSSR count). The van der Waals surface area contributed by atoms with Gasteiger partial charge in [0.15, 0.2) is 0 Å². The molecule has 132 valence electrons. The number of hydrogen-bond donors (Lipinski definition) is 2. The van der Waals surface area contributed by atoms with Crippen molar-refractivity contribution in [3.8, 4) is 0 Å². The van der Waals surface area contributed by atoms with Crippen molar-refractivity contribution in [2.24, 2.45) is 5.92 Å². The number of aliphatic hydroxyl groups excluding tert-OH is 1. The highest BCUT2D eigenvalue weighted by Crippen LogP contribution is 2.29. The van der Waals surface area contributed by atoms with Crippen LogP contribution in [-0.4, -0.2) is 54.4 Å². The minimum atomic E-state index is -0.341. The fourth-order valence-electron chi connectivity index (χ4n) is 3.69. The minimum absolute atomic E-state index is 0.0440. The van der Waals surface area contributed by atoms with Gasteiger partial charge in [-0.2, -0.15) is 0 Å². The zero-order valence-electron chi connectivity index (χ0n) is 13.8. The number of nitrogens with zero attached hydrogens (tertiary/aromatic N) is 1. The molecular formula is C18H25FN2O3. The number of halogens is 1. The van der Waals surface area contributed by atoms with Crippen molar-refractivity contribution < 1.29 is 19.0 Å². The van der Waals surface area contributed by atoms with E-state index in [1.54, 1.807) is 12.1 Å². The second-order valence-corrected chi connectivity index (χ2v) is 6.68. The van der Waals surface area contributed by atoms with Gasteiger partial charge in [-0.15, -0.1) is 0 Å². The molecular weight excluding hydrogens is 311 g/mol. The molecule has 0 spiro atoms. The van der Waals surface area contributed by atoms with Gasteiger partial charge in [0, 0.05) is 25.1 Å². The first kappa shape index (κ1) is 17.3. The standard InChI is InChI=1S/C18H25FN2O3/c19-14-5-3-13(4-6-14)10-20-18(23)11-21-8-1-2-16(21)15-12-24-9-7-17(15)22/h3-6,15-17,22H,1-2,7-12H2,(H,20,23)/t15-,16+,17+/m0/s1. The lowest BCUT2D eigenvalue weighted by Crippen LogP contribution is -2.48. The van der Waals surface area contributed by atoms with Gasteiger partial charge in [-0.25, -0.2) is 4.39 Å². The maximum Gasteiger partial charge on any atom is 0.234 e. The Kier molecular flexibility index (Phi) is 5.81. The van der Waals surface area contributed by atoms with Gasteiger partial charge < -0.3 is 15.2 Å². The number of carbonyl (C=O) groups excluding carboxylic acids is 1. The molecule has 0 unspecified atom stereocenters. The van der Waals surface area contributed by atoms with E-state index in [0.717, 1.165) is 24.9 Å². The maximum atomic E-state index is 12.9. The Hall–Kier alpha value is -1.50. The molecule has 0 aromatic heterocycles. The van der Waals surface area contributed by atoms with Gasteiger partial charge in [0.05, 0.1) is 19.3 Å². The van der Waals surface area contributed by atoms with E-state index in [1.165, 1.54) is 12.1 Å². The second-order valence-electron chi connectivity index (χ2n) is 6.68. The van der Waals surface area contributed by atoms with E-state index in [1.807, 2.05) is 0 Å². The lowest BCUT2D eigenvalue weighted by atomic mass is 9.89. The summed E-state index contributed by atoms with van der Waals surface area (Å²) < 4.78 is 18.4. The fourth-order valence-corrected chi connectivity index (χ4v) is 3.69. The van der Waals surface area contributed by atoms with Crippen LogP contribution in [-0.2, 0) is 16.1 Å². The maximum absolute atomic E-state index is 12.9. The van der Waals surface area contributed by atoms with E-state index < -0.39 is 0 Å². The van der Waals surface area contributed by atoms with Gasteiger partial charge in [-0.3, -0.25) is 9.69 Å². The third kappa shape index (κ3) is 4.32. The van der Waals surface area contributed by atoms with Crippen LogP contribution in [0.1, 0.15) is 24.8 Å². The average molecular weight is 336 g/mol. The molecule has 5 nitrogen and oxygen atoms in total. The highest BCUT2D eigenvalue weighted by molar-refractivity contribution is 5.78. The summed E-state index contributed by atoms with van der Waals surface area (Å²) in [5.41, 5.74) is 0.874. The van der Waals surface area contributed by atoms with Crippen LogP contribution in [0.15, 0.2) is 24.3 Å². The van der Waals surface area contributed by atoms with Crippen molar-refractivity contribution in [3.05, 3.63) is 35.6 Å². The number of benzene rings is 1. The van der Waals surface area contributed by atoms with E-state index in [-0.39, 0.29) is 29.8 Å². The summed E-state index contributed by atoms with van der Waals surface area (Å²) in [4.78, 5) is 14.4. The van der Waals surface area contributed by atoms with Gasteiger partial charge in [-0.1, -0.05) is 12.1 Å². The largest absolute Gasteiger partial charge is 0.393 e. The Morgan fingerprint density at radius 2 is 2.12 bits per heavy atom. The van der Waals surface area contributed by atoms with Crippen molar-refractivity contribution in [1.29, 1.82) is 0 Å². The Morgan fingerprint density at radius 3 is 2.88 bits per heavy atom. The number of nitrogens with one attached hydrogen (secondary N) is 1. The topological polar surface area (TPSA) is 61.8 Å². The highest BCUT2D eigenvalue weighted by Gasteiger charge is 2.37. The minimum Gasteiger partial charge on any atom is -0.393 e. The van der Waals surface area contributed by atoms with Crippen LogP contribution >= 0.6 is 0 Å². The van der Waals surface area contributed by atoms with Gasteiger partial charge >= 0.3 is 0 Å². The molecule has 2 N–H and O–H groups in total. The van der Waals surface area contributed by atoms with Crippen LogP contribution < -0.4 is 5.32 Å². The Bertz CT molecular complexity index is 552. The normalized spacial score (nSPS) is 28.0. The van der Waals surface area contributed by atoms with Crippen LogP contribution in [0.4, 0.5) is 4.39 Å². The smallest absolute Gasteiger partial charge is 0.234 e. The van der Waals surface area contributed by atoms with Crippen LogP contribution in [0.2, 0.25) is 0 Å². The number of hydrogen-bond acceptors (Lipinski definition) is 4. The highest BCUT2D eigenvalue weighted by atomic mass is 19.1. The molecule has 0 aliphatic carbocycles. The molecule has 2 fully saturated rings. The summed E-state index contributed by atoms with van der Waals surface area (Å²) in [7, 11) is 0. The number of likely N-dealkylation sites (tertiary alicyclic amines) is 1. The molecule has 24 heavy (non-hydrogen) atoms. The first-order chi connectivity index (χ1) is 11.6. The molecule has 2 aliphatic rings. The van der Waals surface area contributed by atoms with E-state index >= 15 is 0 Å². The summed E-state index contributed by atoms with van der Waals surface area (Å²) in [5, 5.41) is 13.1. The van der Waals surface area contributed by atoms with E-state index in [9.17, 15) is 14.3 Å². The first-order valence-electron chi connectivity index (χ1n) is 8.64. The SMILES string of the molecule is O=C(CN1CCC[C@@H]1[C@@H]1COCC[C@H]1O)NCc1ccc(F)cc1. The van der Waals surface area contributed by atoms with E-state index in [4.69, 9.17) is 4.74 Å². The predicted molar refractivity (Wildman–Crippen MR) is 87.8 cm³/mol. The van der Waals surface area contributed by atoms with Gasteiger partial charge in [0.1, 0.15) is 5.82 Å². The lowest BCUT2D eigenvalue weighted by molar-refractivity contribution is -0.124. The number of ether oxygens (including phenoxy) is 1. The summed E-state index contributed by atoms with van der Waals surface area (Å²) in [6, 6.07) is 6.33. The number of rotatable bonds is 5. The molecule has 2 aliphatic heterocycles. The number of amides is 1. The lowest BCUT2D eigenvalue weighted by Gasteiger charge is -2.36. The van der Waals surface area contributed by atoms with E-state index in [2.05, 4.69) is 10.2 Å². The van der Waals surface area contributed by atoms with Gasteiger partial charge in [0.2, 0.25) is 5.91 Å². The molecule has 3 atom stereocenters. The van der Waals surface area contributed by atoms with Crippen LogP contribution in [0.5, 0.6) is 0 Å². The molecule has 1 aromatic carbocycles. The predicted octanol–water partition coefficient (Wildman–Crippen LogP) is 1.30. The average Bonchev–Trinajstić information content (AvgIpc) is 3.02. The zero-order chi connectivity index (χ0) is 16.9. The molecule has 0 bridgehead atoms. The van der Waals surface area contributed by atoms with Gasteiger partial charge in [-0.05, 0) is 43.5 Å². The van der Waals surface area contributed by atoms with Crippen molar-refractivity contribution in [2.75, 3.05) is 26.3 Å². The zero-order valence-corrected chi connectivity index (χ0v) is 13.8. The monoisotopic (exact) mass is 336 g/mol. The molecule has 0 saturated carbocycles. The first-order valence-corrected chi connectivity index (χ1v) is 8.64. The molecule has 6 heteroatoms. The van der Waals surface area contributed by atoms with Crippen molar-refractivity contribution in [3.63, 3.8) is 0 Å². The molecule has 1 aromatic rings. The molecule has 2 heterocycles. The number of aliphatic hydroxyl groups is 1. The van der Waals surface area contributed by atoms with Gasteiger partial charge in [0.25, 0.3) is 0 Å². The number of carbonyl (C=O) groups is 1. The van der Waals surface area contributed by atoms with Crippen LogP contribution in [0, 0.1) is 11.7 Å². The Balaban J connectivity index is 1.50. The van der Waals surface area contributed by atoms with Crippen molar-refractivity contribution in [1.82, 2.24) is 10.2 Å². The van der Waals surface area contributed by atoms with Crippen LogP contribution in [0.25, 0.3) is 0 Å². The fraction of sp³-hybridized carbons (Fsp3) is 0.611. The second kappa shape index (κ2) is 8.05. The van der Waals surface area contributed by atoms with Crippen molar-refractivity contribution in [2.45, 2.75) is 38.0 Å². The van der Waals surface area contributed by atoms with Crippen LogP contribution in [0.3, 0.4) is 0 Å². The molecule has 0 radical (unpaired) electrons. The van der Waals surface area contributed by atoms with Crippen molar-refractivity contribution >= 4 is 5.91 Å².